The minimum Gasteiger partial charge on any atom is -0.286 e. The van der Waals surface area contributed by atoms with E-state index in [-0.39, 0.29) is 15.9 Å². The van der Waals surface area contributed by atoms with Gasteiger partial charge in [-0.05, 0) is 121 Å². The van der Waals surface area contributed by atoms with Crippen molar-refractivity contribution in [1.29, 1.82) is 0 Å². The average Bonchev–Trinajstić information content (AvgIpc) is 3.10. The zero-order valence-corrected chi connectivity index (χ0v) is 24.1. The van der Waals surface area contributed by atoms with Crippen LogP contribution in [-0.4, -0.2) is 5.12 Å². The van der Waals surface area contributed by atoms with E-state index >= 15 is 0 Å². The monoisotopic (exact) mass is 477 g/mol. The number of carbonyl (C=O) groups is 1. The van der Waals surface area contributed by atoms with Crippen molar-refractivity contribution < 1.29 is 4.79 Å². The highest BCUT2D eigenvalue weighted by atomic mass is 32.2. The van der Waals surface area contributed by atoms with Gasteiger partial charge >= 0.3 is 0 Å². The second-order valence-corrected chi connectivity index (χ2v) is 14.6. The van der Waals surface area contributed by atoms with Gasteiger partial charge < -0.3 is 0 Å². The Bertz CT molecular complexity index is 687. The highest BCUT2D eigenvalue weighted by Crippen LogP contribution is 2.68. The second-order valence-electron chi connectivity index (χ2n) is 13.9. The lowest BCUT2D eigenvalue weighted by Gasteiger charge is -2.61. The molecular formula is C30H55NOS. The molecule has 0 aromatic rings. The van der Waals surface area contributed by atoms with Crippen molar-refractivity contribution in [2.75, 3.05) is 0 Å². The van der Waals surface area contributed by atoms with Crippen LogP contribution in [0, 0.1) is 51.2 Å². The van der Waals surface area contributed by atoms with Crippen LogP contribution in [-0.2, 0) is 4.79 Å². The molecule has 0 aliphatic heterocycles. The maximum Gasteiger partial charge on any atom is 0.204 e. The van der Waals surface area contributed by atoms with Crippen molar-refractivity contribution in [3.8, 4) is 0 Å². The van der Waals surface area contributed by atoms with E-state index in [4.69, 9.17) is 5.14 Å². The van der Waals surface area contributed by atoms with Gasteiger partial charge in [0.05, 0.1) is 0 Å². The molecule has 0 spiro atoms. The summed E-state index contributed by atoms with van der Waals surface area (Å²) in [6.45, 7) is 18.8. The summed E-state index contributed by atoms with van der Waals surface area (Å²) in [5, 5.41) is 5.71. The Morgan fingerprint density at radius 2 is 1.52 bits per heavy atom. The Morgan fingerprint density at radius 1 is 0.848 bits per heavy atom. The number of fused-ring (bicyclic) bond motifs is 5. The standard InChI is InChI=1S/C28H49NOS.C2H6/c1-25(2,26(3,4)18-24(30)31-29)17-20-11-13-22-21-12-10-19-9-7-8-15-27(19,5)23(21)14-16-28(20,22)6;1-2/h19-23H,7-18,29H2,1-6H3;1-2H3. The highest BCUT2D eigenvalue weighted by molar-refractivity contribution is 8.11. The van der Waals surface area contributed by atoms with Gasteiger partial charge in [0.2, 0.25) is 5.12 Å². The molecule has 0 aromatic heterocycles. The third kappa shape index (κ3) is 4.85. The summed E-state index contributed by atoms with van der Waals surface area (Å²) < 4.78 is 0. The smallest absolute Gasteiger partial charge is 0.204 e. The van der Waals surface area contributed by atoms with Gasteiger partial charge in [0, 0.05) is 6.42 Å². The molecule has 0 heterocycles. The fraction of sp³-hybridized carbons (Fsp3) is 0.967. The molecule has 4 fully saturated rings. The van der Waals surface area contributed by atoms with Gasteiger partial charge in [-0.3, -0.25) is 9.93 Å². The molecular weight excluding hydrogens is 422 g/mol. The van der Waals surface area contributed by atoms with E-state index in [1.807, 2.05) is 13.8 Å². The molecule has 4 aliphatic carbocycles. The first-order chi connectivity index (χ1) is 15.4. The molecule has 192 valence electrons. The van der Waals surface area contributed by atoms with Gasteiger partial charge in [0.1, 0.15) is 0 Å². The predicted molar refractivity (Wildman–Crippen MR) is 145 cm³/mol. The van der Waals surface area contributed by atoms with Crippen molar-refractivity contribution in [3.05, 3.63) is 0 Å². The van der Waals surface area contributed by atoms with Crippen molar-refractivity contribution >= 4 is 17.1 Å². The van der Waals surface area contributed by atoms with Gasteiger partial charge in [0.25, 0.3) is 0 Å². The van der Waals surface area contributed by atoms with Gasteiger partial charge in [-0.1, -0.05) is 68.2 Å². The topological polar surface area (TPSA) is 43.1 Å². The first-order valence-corrected chi connectivity index (χ1v) is 15.2. The lowest BCUT2D eigenvalue weighted by atomic mass is 9.44. The zero-order chi connectivity index (χ0) is 24.7. The summed E-state index contributed by atoms with van der Waals surface area (Å²) in [6, 6.07) is 0. The molecule has 7 atom stereocenters. The van der Waals surface area contributed by atoms with E-state index in [1.165, 1.54) is 70.6 Å². The fourth-order valence-electron chi connectivity index (χ4n) is 9.27. The van der Waals surface area contributed by atoms with Crippen molar-refractivity contribution in [1.82, 2.24) is 0 Å². The molecule has 4 saturated carbocycles. The summed E-state index contributed by atoms with van der Waals surface area (Å²) in [5.41, 5.74) is 1.28. The van der Waals surface area contributed by atoms with Gasteiger partial charge in [-0.2, -0.15) is 0 Å². The Hall–Kier alpha value is -0.0200. The van der Waals surface area contributed by atoms with Crippen LogP contribution < -0.4 is 5.14 Å². The minimum absolute atomic E-state index is 0.0181. The maximum atomic E-state index is 12.1. The average molecular weight is 478 g/mol. The van der Waals surface area contributed by atoms with Crippen LogP contribution in [0.4, 0.5) is 0 Å². The largest absolute Gasteiger partial charge is 0.286 e. The molecule has 0 saturated heterocycles. The number of nitrogens with two attached hydrogens (primary N) is 1. The van der Waals surface area contributed by atoms with Gasteiger partial charge in [0.15, 0.2) is 0 Å². The Balaban J connectivity index is 0.00000149. The lowest BCUT2D eigenvalue weighted by Crippen LogP contribution is -2.53. The lowest BCUT2D eigenvalue weighted by molar-refractivity contribution is -0.118. The Morgan fingerprint density at radius 3 is 2.18 bits per heavy atom. The van der Waals surface area contributed by atoms with Crippen LogP contribution >= 0.6 is 11.9 Å². The van der Waals surface area contributed by atoms with Crippen molar-refractivity contribution in [2.45, 2.75) is 132 Å². The molecule has 0 radical (unpaired) electrons. The molecule has 7 unspecified atom stereocenters. The minimum atomic E-state index is -0.0181. The van der Waals surface area contributed by atoms with Crippen LogP contribution in [0.2, 0.25) is 0 Å². The van der Waals surface area contributed by atoms with E-state index < -0.39 is 0 Å². The molecule has 0 aromatic carbocycles. The SMILES string of the molecule is CC.CC12CCCCC1CCC1C2CCC2(C)C(CC(C)(C)C(C)(C)CC(=O)SN)CCC12. The molecule has 2 nitrogen and oxygen atoms in total. The van der Waals surface area contributed by atoms with Crippen LogP contribution in [0.15, 0.2) is 0 Å². The summed E-state index contributed by atoms with van der Waals surface area (Å²) in [4.78, 5) is 12.1. The Labute approximate surface area is 210 Å². The molecule has 4 aliphatic rings. The van der Waals surface area contributed by atoms with E-state index in [1.54, 1.807) is 0 Å². The second kappa shape index (κ2) is 10.2. The van der Waals surface area contributed by atoms with Crippen molar-refractivity contribution in [2.24, 2.45) is 56.4 Å². The molecule has 2 N–H and O–H groups in total. The third-order valence-electron chi connectivity index (χ3n) is 12.1. The van der Waals surface area contributed by atoms with Gasteiger partial charge in [-0.25, -0.2) is 0 Å². The van der Waals surface area contributed by atoms with E-state index in [9.17, 15) is 4.79 Å². The molecule has 0 bridgehead atoms. The number of hydrogen-bond donors (Lipinski definition) is 1. The first-order valence-electron chi connectivity index (χ1n) is 14.3. The molecule has 3 heteroatoms. The van der Waals surface area contributed by atoms with Crippen LogP contribution in [0.5, 0.6) is 0 Å². The molecule has 0 amide bonds. The van der Waals surface area contributed by atoms with Gasteiger partial charge in [-0.15, -0.1) is 0 Å². The summed E-state index contributed by atoms with van der Waals surface area (Å²) in [6.07, 6.45) is 16.6. The summed E-state index contributed by atoms with van der Waals surface area (Å²) >= 11 is 0.910. The number of rotatable bonds is 5. The van der Waals surface area contributed by atoms with Crippen LogP contribution in [0.3, 0.4) is 0 Å². The predicted octanol–water partition coefficient (Wildman–Crippen LogP) is 9.03. The summed E-state index contributed by atoms with van der Waals surface area (Å²) in [5.74, 6) is 4.74. The maximum absolute atomic E-state index is 12.1. The third-order valence-corrected chi connectivity index (χ3v) is 12.5. The van der Waals surface area contributed by atoms with Crippen LogP contribution in [0.25, 0.3) is 0 Å². The Kier molecular flexibility index (Phi) is 8.48. The first kappa shape index (κ1) is 27.6. The normalized spacial score (nSPS) is 40.7. The fourth-order valence-corrected chi connectivity index (χ4v) is 9.72. The van der Waals surface area contributed by atoms with Crippen LogP contribution in [0.1, 0.15) is 132 Å². The van der Waals surface area contributed by atoms with E-state index in [2.05, 4.69) is 41.5 Å². The van der Waals surface area contributed by atoms with E-state index in [0.717, 1.165) is 41.5 Å². The quantitative estimate of drug-likeness (QED) is 0.402. The van der Waals surface area contributed by atoms with Crippen molar-refractivity contribution in [3.63, 3.8) is 0 Å². The highest BCUT2D eigenvalue weighted by Gasteiger charge is 2.60. The van der Waals surface area contributed by atoms with E-state index in [0.29, 0.717) is 17.3 Å². The number of carbonyl (C=O) groups excluding carboxylic acids is 1. The number of hydrogen-bond acceptors (Lipinski definition) is 3. The molecule has 4 rings (SSSR count). The summed E-state index contributed by atoms with van der Waals surface area (Å²) in [7, 11) is 0. The zero-order valence-electron chi connectivity index (χ0n) is 23.3. The molecule has 33 heavy (non-hydrogen) atoms.